The molecular weight excluding hydrogens is 260 g/mol. The minimum atomic E-state index is 0.609. The Balaban J connectivity index is 1.42. The Kier molecular flexibility index (Phi) is 4.90. The molecule has 0 atom stereocenters. The predicted octanol–water partition coefficient (Wildman–Crippen LogP) is 4.58. The molecular formula is C19H22O2. The maximum absolute atomic E-state index is 5.78. The van der Waals surface area contributed by atoms with Crippen molar-refractivity contribution in [2.75, 3.05) is 6.61 Å². The van der Waals surface area contributed by atoms with Gasteiger partial charge in [-0.2, -0.15) is 0 Å². The third kappa shape index (κ3) is 4.33. The van der Waals surface area contributed by atoms with Gasteiger partial charge < -0.3 is 9.47 Å². The fraction of sp³-hybridized carbons (Fsp3) is 0.368. The van der Waals surface area contributed by atoms with Crippen molar-refractivity contribution in [3.05, 3.63) is 65.7 Å². The Morgan fingerprint density at radius 1 is 0.810 bits per heavy atom. The van der Waals surface area contributed by atoms with Crippen molar-refractivity contribution in [2.45, 2.75) is 32.5 Å². The highest BCUT2D eigenvalue weighted by Crippen LogP contribution is 2.26. The van der Waals surface area contributed by atoms with Gasteiger partial charge in [0.25, 0.3) is 0 Å². The molecule has 0 unspecified atom stereocenters. The normalized spacial score (nSPS) is 14.7. The SMILES string of the molecule is c1ccc(COc2ccc(COCC3CCC3)cc2)cc1. The second-order valence-electron chi connectivity index (χ2n) is 5.73. The summed E-state index contributed by atoms with van der Waals surface area (Å²) in [5, 5.41) is 0. The molecule has 1 saturated carbocycles. The second-order valence-corrected chi connectivity index (χ2v) is 5.73. The van der Waals surface area contributed by atoms with Gasteiger partial charge >= 0.3 is 0 Å². The molecule has 2 nitrogen and oxygen atoms in total. The number of hydrogen-bond donors (Lipinski definition) is 0. The van der Waals surface area contributed by atoms with E-state index in [0.29, 0.717) is 13.2 Å². The van der Waals surface area contributed by atoms with Crippen LogP contribution in [0.4, 0.5) is 0 Å². The summed E-state index contributed by atoms with van der Waals surface area (Å²) in [4.78, 5) is 0. The smallest absolute Gasteiger partial charge is 0.119 e. The lowest BCUT2D eigenvalue weighted by Crippen LogP contribution is -2.17. The largest absolute Gasteiger partial charge is 0.489 e. The van der Waals surface area contributed by atoms with Gasteiger partial charge in [-0.1, -0.05) is 48.9 Å². The molecule has 110 valence electrons. The average molecular weight is 282 g/mol. The Bertz CT molecular complexity index is 529. The molecule has 2 heteroatoms. The zero-order valence-corrected chi connectivity index (χ0v) is 12.3. The monoisotopic (exact) mass is 282 g/mol. The van der Waals surface area contributed by atoms with Crippen LogP contribution in [0.3, 0.4) is 0 Å². The standard InChI is InChI=1S/C19H22O2/c1-2-5-17(6-3-1)15-21-19-11-9-18(10-12-19)14-20-13-16-7-4-8-16/h1-3,5-6,9-12,16H,4,7-8,13-15H2. The molecule has 2 aromatic carbocycles. The second kappa shape index (κ2) is 7.28. The summed E-state index contributed by atoms with van der Waals surface area (Å²) >= 11 is 0. The van der Waals surface area contributed by atoms with Gasteiger partial charge in [0.15, 0.2) is 0 Å². The van der Waals surface area contributed by atoms with Crippen molar-refractivity contribution in [1.82, 2.24) is 0 Å². The quantitative estimate of drug-likeness (QED) is 0.740. The molecule has 0 radical (unpaired) electrons. The van der Waals surface area contributed by atoms with Crippen LogP contribution < -0.4 is 4.74 Å². The Labute approximate surface area is 126 Å². The summed E-state index contributed by atoms with van der Waals surface area (Å²) in [5.41, 5.74) is 2.40. The van der Waals surface area contributed by atoms with Crippen molar-refractivity contribution >= 4 is 0 Å². The minimum Gasteiger partial charge on any atom is -0.489 e. The van der Waals surface area contributed by atoms with Crippen LogP contribution in [0.2, 0.25) is 0 Å². The van der Waals surface area contributed by atoms with Crippen molar-refractivity contribution in [3.63, 3.8) is 0 Å². The molecule has 0 aliphatic heterocycles. The molecule has 0 N–H and O–H groups in total. The lowest BCUT2D eigenvalue weighted by atomic mass is 9.86. The van der Waals surface area contributed by atoms with Gasteiger partial charge in [0.1, 0.15) is 12.4 Å². The molecule has 2 aromatic rings. The number of ether oxygens (including phenoxy) is 2. The van der Waals surface area contributed by atoms with Crippen LogP contribution in [0.1, 0.15) is 30.4 Å². The van der Waals surface area contributed by atoms with Gasteiger partial charge in [0, 0.05) is 6.61 Å². The summed E-state index contributed by atoms with van der Waals surface area (Å²) in [6.45, 7) is 2.22. The van der Waals surface area contributed by atoms with E-state index in [0.717, 1.165) is 18.3 Å². The van der Waals surface area contributed by atoms with Crippen LogP contribution >= 0.6 is 0 Å². The lowest BCUT2D eigenvalue weighted by Gasteiger charge is -2.24. The fourth-order valence-electron chi connectivity index (χ4n) is 2.43. The summed E-state index contributed by atoms with van der Waals surface area (Å²) in [5.74, 6) is 1.71. The van der Waals surface area contributed by atoms with Gasteiger partial charge in [0.2, 0.25) is 0 Å². The molecule has 1 fully saturated rings. The van der Waals surface area contributed by atoms with Crippen molar-refractivity contribution in [3.8, 4) is 5.75 Å². The van der Waals surface area contributed by atoms with Gasteiger partial charge in [-0.25, -0.2) is 0 Å². The molecule has 3 rings (SSSR count). The topological polar surface area (TPSA) is 18.5 Å². The summed E-state index contributed by atoms with van der Waals surface area (Å²) in [6, 6.07) is 18.4. The molecule has 0 amide bonds. The van der Waals surface area contributed by atoms with E-state index in [-0.39, 0.29) is 0 Å². The highest BCUT2D eigenvalue weighted by Gasteiger charge is 2.16. The van der Waals surface area contributed by atoms with E-state index in [4.69, 9.17) is 9.47 Å². The maximum Gasteiger partial charge on any atom is 0.119 e. The average Bonchev–Trinajstić information content (AvgIpc) is 2.50. The lowest BCUT2D eigenvalue weighted by molar-refractivity contribution is 0.0596. The maximum atomic E-state index is 5.78. The van der Waals surface area contributed by atoms with Crippen LogP contribution in [-0.2, 0) is 18.0 Å². The zero-order valence-electron chi connectivity index (χ0n) is 12.3. The first kappa shape index (κ1) is 14.2. The third-order valence-electron chi connectivity index (χ3n) is 4.02. The van der Waals surface area contributed by atoms with Gasteiger partial charge in [-0.3, -0.25) is 0 Å². The van der Waals surface area contributed by atoms with E-state index in [9.17, 15) is 0 Å². The Morgan fingerprint density at radius 2 is 1.52 bits per heavy atom. The van der Waals surface area contributed by atoms with E-state index in [1.165, 1.54) is 30.4 Å². The van der Waals surface area contributed by atoms with Crippen molar-refractivity contribution in [2.24, 2.45) is 5.92 Å². The van der Waals surface area contributed by atoms with Crippen LogP contribution in [0.5, 0.6) is 5.75 Å². The number of rotatable bonds is 7. The Morgan fingerprint density at radius 3 is 2.19 bits per heavy atom. The first-order valence-electron chi connectivity index (χ1n) is 7.73. The summed E-state index contributed by atoms with van der Waals surface area (Å²) < 4.78 is 11.5. The van der Waals surface area contributed by atoms with E-state index in [1.54, 1.807) is 0 Å². The molecule has 1 aliphatic rings. The molecule has 21 heavy (non-hydrogen) atoms. The summed E-state index contributed by atoms with van der Waals surface area (Å²) in [7, 11) is 0. The molecule has 0 spiro atoms. The van der Waals surface area contributed by atoms with E-state index >= 15 is 0 Å². The van der Waals surface area contributed by atoms with Crippen LogP contribution in [0.15, 0.2) is 54.6 Å². The first-order valence-corrected chi connectivity index (χ1v) is 7.73. The van der Waals surface area contributed by atoms with Crippen LogP contribution in [0.25, 0.3) is 0 Å². The van der Waals surface area contributed by atoms with E-state index in [2.05, 4.69) is 24.3 Å². The zero-order chi connectivity index (χ0) is 14.3. The predicted molar refractivity (Wildman–Crippen MR) is 84.2 cm³/mol. The number of benzene rings is 2. The van der Waals surface area contributed by atoms with E-state index < -0.39 is 0 Å². The Hall–Kier alpha value is -1.80. The van der Waals surface area contributed by atoms with Gasteiger partial charge in [-0.05, 0) is 42.0 Å². The number of hydrogen-bond acceptors (Lipinski definition) is 2. The third-order valence-corrected chi connectivity index (χ3v) is 4.02. The van der Waals surface area contributed by atoms with Crippen molar-refractivity contribution < 1.29 is 9.47 Å². The molecule has 0 heterocycles. The fourth-order valence-corrected chi connectivity index (χ4v) is 2.43. The van der Waals surface area contributed by atoms with Gasteiger partial charge in [-0.15, -0.1) is 0 Å². The van der Waals surface area contributed by atoms with Gasteiger partial charge in [0.05, 0.1) is 6.61 Å². The first-order chi connectivity index (χ1) is 10.4. The van der Waals surface area contributed by atoms with E-state index in [1.807, 2.05) is 30.3 Å². The highest BCUT2D eigenvalue weighted by atomic mass is 16.5. The molecule has 1 aliphatic carbocycles. The summed E-state index contributed by atoms with van der Waals surface area (Å²) in [6.07, 6.45) is 4.06. The van der Waals surface area contributed by atoms with Crippen molar-refractivity contribution in [1.29, 1.82) is 0 Å². The highest BCUT2D eigenvalue weighted by molar-refractivity contribution is 5.27. The molecule has 0 aromatic heterocycles. The molecule has 0 saturated heterocycles. The van der Waals surface area contributed by atoms with Crippen LogP contribution in [0, 0.1) is 5.92 Å². The molecule has 0 bridgehead atoms. The minimum absolute atomic E-state index is 0.609. The van der Waals surface area contributed by atoms with Crippen LogP contribution in [-0.4, -0.2) is 6.61 Å².